The minimum absolute atomic E-state index is 0.0949. The molecule has 0 aliphatic heterocycles. The highest BCUT2D eigenvalue weighted by molar-refractivity contribution is 5.87. The Morgan fingerprint density at radius 1 is 1.36 bits per heavy atom. The maximum absolute atomic E-state index is 4.20. The number of nitrogens with zero attached hydrogens (tertiary/aromatic N) is 2. The lowest BCUT2D eigenvalue weighted by Crippen LogP contribution is -2.33. The van der Waals surface area contributed by atoms with E-state index in [0.29, 0.717) is 0 Å². The fraction of sp³-hybridized carbons (Fsp3) is 0.667. The van der Waals surface area contributed by atoms with Gasteiger partial charge in [-0.15, -0.1) is 0 Å². The van der Waals surface area contributed by atoms with Gasteiger partial charge in [-0.25, -0.2) is 4.99 Å². The van der Waals surface area contributed by atoms with E-state index in [1.807, 2.05) is 19.0 Å². The molecule has 0 saturated heterocycles. The van der Waals surface area contributed by atoms with Gasteiger partial charge in [0.05, 0.1) is 0 Å². The summed E-state index contributed by atoms with van der Waals surface area (Å²) in [6.07, 6.45) is 1.58. The van der Waals surface area contributed by atoms with Crippen LogP contribution >= 0.6 is 0 Å². The summed E-state index contributed by atoms with van der Waals surface area (Å²) in [5, 5.41) is 0. The average Bonchev–Trinajstić information content (AvgIpc) is 1.79. The highest BCUT2D eigenvalue weighted by atomic mass is 15.1. The van der Waals surface area contributed by atoms with Gasteiger partial charge in [-0.2, -0.15) is 0 Å². The van der Waals surface area contributed by atoms with E-state index in [4.69, 9.17) is 0 Å². The molecule has 0 heterocycles. The molecule has 0 saturated carbocycles. The van der Waals surface area contributed by atoms with Crippen LogP contribution in [0.3, 0.4) is 0 Å². The minimum atomic E-state index is 0.0949. The molecule has 0 atom stereocenters. The Kier molecular flexibility index (Phi) is 3.30. The minimum Gasteiger partial charge on any atom is -0.366 e. The molecule has 64 valence electrons. The topological polar surface area (TPSA) is 15.6 Å². The van der Waals surface area contributed by atoms with Crippen molar-refractivity contribution in [1.29, 1.82) is 0 Å². The van der Waals surface area contributed by atoms with Gasteiger partial charge in [0.25, 0.3) is 0 Å². The van der Waals surface area contributed by atoms with E-state index in [9.17, 15) is 0 Å². The first-order chi connectivity index (χ1) is 4.89. The Bertz CT molecular complexity index is 161. The number of hydrogen-bond acceptors (Lipinski definition) is 1. The second-order valence-electron chi connectivity index (χ2n) is 3.78. The summed E-state index contributed by atoms with van der Waals surface area (Å²) in [5.41, 5.74) is 0.0949. The van der Waals surface area contributed by atoms with Crippen LogP contribution in [0.5, 0.6) is 0 Å². The molecule has 0 bridgehead atoms. The summed E-state index contributed by atoms with van der Waals surface area (Å²) in [7, 11) is 3.99. The maximum atomic E-state index is 4.20. The molecule has 0 aromatic heterocycles. The van der Waals surface area contributed by atoms with Gasteiger partial charge in [-0.05, 0) is 0 Å². The smallest absolute Gasteiger partial charge is 0.109 e. The zero-order chi connectivity index (χ0) is 9.07. The predicted octanol–water partition coefficient (Wildman–Crippen LogP) is 2.14. The van der Waals surface area contributed by atoms with E-state index in [0.717, 1.165) is 5.84 Å². The van der Waals surface area contributed by atoms with Crippen LogP contribution in [0.15, 0.2) is 17.8 Å². The van der Waals surface area contributed by atoms with Crippen molar-refractivity contribution in [2.75, 3.05) is 14.1 Å². The third-order valence-electron chi connectivity index (χ3n) is 1.31. The third kappa shape index (κ3) is 3.21. The van der Waals surface area contributed by atoms with Crippen molar-refractivity contribution >= 4 is 5.84 Å². The number of hydrogen-bond donors (Lipinski definition) is 0. The van der Waals surface area contributed by atoms with E-state index >= 15 is 0 Å². The monoisotopic (exact) mass is 154 g/mol. The lowest BCUT2D eigenvalue weighted by Gasteiger charge is -2.27. The van der Waals surface area contributed by atoms with Crippen molar-refractivity contribution in [2.45, 2.75) is 20.8 Å². The predicted molar refractivity (Wildman–Crippen MR) is 50.8 cm³/mol. The average molecular weight is 154 g/mol. The summed E-state index contributed by atoms with van der Waals surface area (Å²) in [4.78, 5) is 6.22. The molecule has 0 fully saturated rings. The van der Waals surface area contributed by atoms with Crippen molar-refractivity contribution in [2.24, 2.45) is 10.4 Å². The van der Waals surface area contributed by atoms with Crippen molar-refractivity contribution in [1.82, 2.24) is 4.90 Å². The van der Waals surface area contributed by atoms with Crippen molar-refractivity contribution in [3.63, 3.8) is 0 Å². The molecule has 0 aliphatic carbocycles. The summed E-state index contributed by atoms with van der Waals surface area (Å²) >= 11 is 0. The van der Waals surface area contributed by atoms with Crippen molar-refractivity contribution in [3.05, 3.63) is 12.8 Å². The summed E-state index contributed by atoms with van der Waals surface area (Å²) < 4.78 is 0. The maximum Gasteiger partial charge on any atom is 0.109 e. The Hall–Kier alpha value is -0.790. The van der Waals surface area contributed by atoms with Gasteiger partial charge < -0.3 is 4.90 Å². The Morgan fingerprint density at radius 2 is 1.82 bits per heavy atom. The molecule has 0 spiro atoms. The lowest BCUT2D eigenvalue weighted by atomic mass is 9.94. The van der Waals surface area contributed by atoms with Crippen LogP contribution in [-0.2, 0) is 0 Å². The number of amidine groups is 1. The van der Waals surface area contributed by atoms with Crippen LogP contribution in [0.1, 0.15) is 20.8 Å². The number of aliphatic imine (C=N–C) groups is 1. The first-order valence-corrected chi connectivity index (χ1v) is 3.76. The first-order valence-electron chi connectivity index (χ1n) is 3.76. The van der Waals surface area contributed by atoms with Gasteiger partial charge in [0.2, 0.25) is 0 Å². The summed E-state index contributed by atoms with van der Waals surface area (Å²) in [5.74, 6) is 1.05. The van der Waals surface area contributed by atoms with Crippen LogP contribution in [0.25, 0.3) is 0 Å². The third-order valence-corrected chi connectivity index (χ3v) is 1.31. The lowest BCUT2D eigenvalue weighted by molar-refractivity contribution is 0.481. The Balaban J connectivity index is 4.62. The first kappa shape index (κ1) is 10.2. The summed E-state index contributed by atoms with van der Waals surface area (Å²) in [6, 6.07) is 0. The van der Waals surface area contributed by atoms with E-state index in [1.165, 1.54) is 0 Å². The van der Waals surface area contributed by atoms with Crippen LogP contribution < -0.4 is 0 Å². The molecule has 0 aliphatic rings. The molecule has 0 N–H and O–H groups in total. The van der Waals surface area contributed by atoms with E-state index < -0.39 is 0 Å². The van der Waals surface area contributed by atoms with Crippen LogP contribution in [-0.4, -0.2) is 24.8 Å². The van der Waals surface area contributed by atoms with Gasteiger partial charge in [-0.3, -0.25) is 0 Å². The van der Waals surface area contributed by atoms with E-state index in [2.05, 4.69) is 32.3 Å². The highest BCUT2D eigenvalue weighted by Gasteiger charge is 2.19. The number of rotatable bonds is 1. The van der Waals surface area contributed by atoms with Crippen LogP contribution in [0, 0.1) is 5.41 Å². The highest BCUT2D eigenvalue weighted by Crippen LogP contribution is 2.17. The Labute approximate surface area is 69.6 Å². The SMILES string of the molecule is C=CN=C(N(C)C)C(C)(C)C. The molecule has 2 heteroatoms. The van der Waals surface area contributed by atoms with Gasteiger partial charge in [-0.1, -0.05) is 27.4 Å². The molecule has 0 aromatic rings. The molecule has 0 rings (SSSR count). The quantitative estimate of drug-likeness (QED) is 0.417. The van der Waals surface area contributed by atoms with Crippen molar-refractivity contribution < 1.29 is 0 Å². The molecule has 0 amide bonds. The zero-order valence-electron chi connectivity index (χ0n) is 8.18. The van der Waals surface area contributed by atoms with E-state index in [-0.39, 0.29) is 5.41 Å². The fourth-order valence-corrected chi connectivity index (χ4v) is 1.07. The molecular weight excluding hydrogens is 136 g/mol. The largest absolute Gasteiger partial charge is 0.366 e. The van der Waals surface area contributed by atoms with Crippen molar-refractivity contribution in [3.8, 4) is 0 Å². The second kappa shape index (κ2) is 3.56. The molecule has 11 heavy (non-hydrogen) atoms. The molecule has 0 aromatic carbocycles. The Morgan fingerprint density at radius 3 is 1.91 bits per heavy atom. The van der Waals surface area contributed by atoms with Gasteiger partial charge in [0.1, 0.15) is 5.84 Å². The second-order valence-corrected chi connectivity index (χ2v) is 3.78. The zero-order valence-corrected chi connectivity index (χ0v) is 8.18. The molecule has 2 nitrogen and oxygen atoms in total. The van der Waals surface area contributed by atoms with Gasteiger partial charge in [0.15, 0.2) is 0 Å². The van der Waals surface area contributed by atoms with Crippen LogP contribution in [0.4, 0.5) is 0 Å². The standard InChI is InChI=1S/C9H18N2/c1-7-10-8(11(5)6)9(2,3)4/h7H,1H2,2-6H3. The molecule has 0 radical (unpaired) electrons. The van der Waals surface area contributed by atoms with Gasteiger partial charge >= 0.3 is 0 Å². The normalized spacial score (nSPS) is 13.0. The summed E-state index contributed by atoms with van der Waals surface area (Å²) in [6.45, 7) is 9.98. The van der Waals surface area contributed by atoms with Gasteiger partial charge in [0, 0.05) is 25.7 Å². The molecular formula is C9H18N2. The van der Waals surface area contributed by atoms with E-state index in [1.54, 1.807) is 6.20 Å². The van der Waals surface area contributed by atoms with Crippen LogP contribution in [0.2, 0.25) is 0 Å². The fourth-order valence-electron chi connectivity index (χ4n) is 1.07. The molecule has 0 unspecified atom stereocenters.